The van der Waals surface area contributed by atoms with Gasteiger partial charge in [0.25, 0.3) is 0 Å². The lowest BCUT2D eigenvalue weighted by Gasteiger charge is -2.32. The Labute approximate surface area is 248 Å². The number of benzene rings is 3. The van der Waals surface area contributed by atoms with Gasteiger partial charge in [0.05, 0.1) is 6.04 Å². The standard InChI is InChI=1S/C35H42N2O5/c1-5-22-42-34(40)37-21-20-26(23-31(38)32(36)25(4)6-2)33(39)29-14-10-11-15-30(29)35(41,27-12-8-7-9-13-27)28-18-16-24(3)17-19-28/h5,7-19,25-26,32,41H,1,6,20-23,36H2,2-4H3,(H,37,40). The fourth-order valence-electron chi connectivity index (χ4n) is 5.00. The van der Waals surface area contributed by atoms with E-state index in [2.05, 4.69) is 11.9 Å². The molecular weight excluding hydrogens is 528 g/mol. The molecule has 1 amide bonds. The summed E-state index contributed by atoms with van der Waals surface area (Å²) in [5, 5.41) is 15.2. The number of rotatable bonds is 15. The van der Waals surface area contributed by atoms with Gasteiger partial charge >= 0.3 is 6.09 Å². The Hall–Kier alpha value is -4.07. The van der Waals surface area contributed by atoms with E-state index in [1.807, 2.05) is 75.4 Å². The number of Topliss-reactive ketones (excluding diaryl/α,β-unsaturated/α-hetero) is 2. The molecule has 0 saturated heterocycles. The first-order valence-electron chi connectivity index (χ1n) is 14.4. The molecule has 0 radical (unpaired) electrons. The number of amides is 1. The average Bonchev–Trinajstić information content (AvgIpc) is 3.02. The largest absolute Gasteiger partial charge is 0.445 e. The Bertz CT molecular complexity index is 1360. The van der Waals surface area contributed by atoms with Crippen LogP contribution in [-0.4, -0.2) is 42.0 Å². The fraction of sp³-hybridized carbons (Fsp3) is 0.343. The molecule has 0 aliphatic rings. The van der Waals surface area contributed by atoms with Gasteiger partial charge in [0.15, 0.2) is 11.6 Å². The third-order valence-corrected chi connectivity index (χ3v) is 7.78. The number of nitrogens with one attached hydrogen (secondary N) is 1. The predicted octanol–water partition coefficient (Wildman–Crippen LogP) is 5.71. The minimum Gasteiger partial charge on any atom is -0.445 e. The lowest BCUT2D eigenvalue weighted by molar-refractivity contribution is -0.122. The SMILES string of the molecule is C=CCOC(=O)NCCC(CC(=O)C(N)C(C)CC)C(=O)c1ccccc1C(O)(c1ccccc1)c1ccc(C)cc1. The average molecular weight is 571 g/mol. The molecule has 4 atom stereocenters. The lowest BCUT2D eigenvalue weighted by atomic mass is 9.75. The van der Waals surface area contributed by atoms with Crippen molar-refractivity contribution in [3.05, 3.63) is 119 Å². The molecule has 0 aliphatic heterocycles. The van der Waals surface area contributed by atoms with E-state index in [1.165, 1.54) is 6.08 Å². The van der Waals surface area contributed by atoms with Crippen LogP contribution in [0.4, 0.5) is 4.79 Å². The number of alkyl carbamates (subject to hydrolysis) is 1. The molecule has 4 N–H and O–H groups in total. The van der Waals surface area contributed by atoms with E-state index in [1.54, 1.807) is 24.3 Å². The molecule has 3 rings (SSSR count). The molecule has 0 fully saturated rings. The number of carbonyl (C=O) groups excluding carboxylic acids is 3. The highest BCUT2D eigenvalue weighted by Crippen LogP contribution is 2.39. The first kappa shape index (κ1) is 32.4. The van der Waals surface area contributed by atoms with Crippen molar-refractivity contribution in [2.24, 2.45) is 17.6 Å². The third-order valence-electron chi connectivity index (χ3n) is 7.78. The van der Waals surface area contributed by atoms with Crippen LogP contribution < -0.4 is 11.1 Å². The summed E-state index contributed by atoms with van der Waals surface area (Å²) in [5.41, 5.74) is 7.57. The van der Waals surface area contributed by atoms with Gasteiger partial charge in [-0.2, -0.15) is 0 Å². The molecule has 0 aromatic heterocycles. The van der Waals surface area contributed by atoms with E-state index in [0.29, 0.717) is 22.3 Å². The van der Waals surface area contributed by atoms with Crippen molar-refractivity contribution in [2.75, 3.05) is 13.2 Å². The van der Waals surface area contributed by atoms with Gasteiger partial charge < -0.3 is 20.9 Å². The highest BCUT2D eigenvalue weighted by atomic mass is 16.5. The molecule has 0 saturated carbocycles. The van der Waals surface area contributed by atoms with Gasteiger partial charge in [-0.15, -0.1) is 0 Å². The molecule has 0 spiro atoms. The number of ketones is 2. The van der Waals surface area contributed by atoms with Crippen molar-refractivity contribution in [2.45, 2.75) is 51.7 Å². The zero-order chi connectivity index (χ0) is 30.7. The number of ether oxygens (including phenoxy) is 1. The van der Waals surface area contributed by atoms with E-state index in [9.17, 15) is 19.5 Å². The molecule has 0 heterocycles. The summed E-state index contributed by atoms with van der Waals surface area (Å²) in [6, 6.07) is 23.0. The fourth-order valence-corrected chi connectivity index (χ4v) is 5.00. The number of nitrogens with two attached hydrogens (primary N) is 1. The molecule has 4 unspecified atom stereocenters. The molecule has 42 heavy (non-hydrogen) atoms. The van der Waals surface area contributed by atoms with Gasteiger partial charge in [0.2, 0.25) is 0 Å². The second kappa shape index (κ2) is 15.2. The first-order chi connectivity index (χ1) is 20.1. The quantitative estimate of drug-likeness (QED) is 0.122. The molecule has 7 heteroatoms. The summed E-state index contributed by atoms with van der Waals surface area (Å²) in [5.74, 6) is -1.35. The Morgan fingerprint density at radius 3 is 2.26 bits per heavy atom. The minimum absolute atomic E-state index is 0.0442. The highest BCUT2D eigenvalue weighted by Gasteiger charge is 2.38. The summed E-state index contributed by atoms with van der Waals surface area (Å²) in [4.78, 5) is 39.6. The number of hydrogen-bond donors (Lipinski definition) is 3. The summed E-state index contributed by atoms with van der Waals surface area (Å²) < 4.78 is 4.98. The predicted molar refractivity (Wildman–Crippen MR) is 165 cm³/mol. The summed E-state index contributed by atoms with van der Waals surface area (Å²) >= 11 is 0. The normalized spacial score (nSPS) is 14.6. The molecule has 222 valence electrons. The van der Waals surface area contributed by atoms with Gasteiger partial charge in [-0.3, -0.25) is 9.59 Å². The molecule has 0 aliphatic carbocycles. The second-order valence-corrected chi connectivity index (χ2v) is 10.7. The van der Waals surface area contributed by atoms with E-state index in [-0.39, 0.29) is 43.5 Å². The van der Waals surface area contributed by atoms with Crippen LogP contribution in [0.25, 0.3) is 0 Å². The van der Waals surface area contributed by atoms with Crippen molar-refractivity contribution in [1.82, 2.24) is 5.32 Å². The summed E-state index contributed by atoms with van der Waals surface area (Å²) in [7, 11) is 0. The highest BCUT2D eigenvalue weighted by molar-refractivity contribution is 6.02. The van der Waals surface area contributed by atoms with Crippen molar-refractivity contribution < 1.29 is 24.2 Å². The smallest absolute Gasteiger partial charge is 0.407 e. The second-order valence-electron chi connectivity index (χ2n) is 10.7. The van der Waals surface area contributed by atoms with Crippen LogP contribution >= 0.6 is 0 Å². The molecule has 7 nitrogen and oxygen atoms in total. The number of aliphatic hydroxyl groups is 1. The van der Waals surface area contributed by atoms with Crippen molar-refractivity contribution in [1.29, 1.82) is 0 Å². The Morgan fingerprint density at radius 1 is 1.00 bits per heavy atom. The molecular formula is C35H42N2O5. The van der Waals surface area contributed by atoms with Gasteiger partial charge in [-0.05, 0) is 30.4 Å². The monoisotopic (exact) mass is 570 g/mol. The van der Waals surface area contributed by atoms with Crippen LogP contribution in [-0.2, 0) is 15.1 Å². The van der Waals surface area contributed by atoms with Gasteiger partial charge in [0.1, 0.15) is 12.2 Å². The first-order valence-corrected chi connectivity index (χ1v) is 14.4. The third kappa shape index (κ3) is 7.81. The van der Waals surface area contributed by atoms with Crippen molar-refractivity contribution in [3.8, 4) is 0 Å². The van der Waals surface area contributed by atoms with Crippen LogP contribution in [0.5, 0.6) is 0 Å². The number of hydrogen-bond acceptors (Lipinski definition) is 6. The Balaban J connectivity index is 2.05. The molecule has 3 aromatic carbocycles. The van der Waals surface area contributed by atoms with E-state index >= 15 is 0 Å². The Morgan fingerprint density at radius 2 is 1.62 bits per heavy atom. The lowest BCUT2D eigenvalue weighted by Crippen LogP contribution is -2.39. The Kier molecular flexibility index (Phi) is 11.8. The van der Waals surface area contributed by atoms with Crippen LogP contribution in [0.1, 0.15) is 65.7 Å². The van der Waals surface area contributed by atoms with Crippen LogP contribution in [0.2, 0.25) is 0 Å². The van der Waals surface area contributed by atoms with Crippen molar-refractivity contribution >= 4 is 17.7 Å². The maximum atomic E-state index is 14.3. The van der Waals surface area contributed by atoms with E-state index in [4.69, 9.17) is 10.5 Å². The maximum Gasteiger partial charge on any atom is 0.407 e. The van der Waals surface area contributed by atoms with Gasteiger partial charge in [-0.1, -0.05) is 117 Å². The van der Waals surface area contributed by atoms with E-state index < -0.39 is 23.7 Å². The van der Waals surface area contributed by atoms with E-state index in [0.717, 1.165) is 12.0 Å². The minimum atomic E-state index is -1.64. The van der Waals surface area contributed by atoms with Gasteiger partial charge in [0, 0.05) is 30.0 Å². The zero-order valence-corrected chi connectivity index (χ0v) is 24.7. The van der Waals surface area contributed by atoms with Crippen LogP contribution in [0.15, 0.2) is 91.5 Å². The number of aryl methyl sites for hydroxylation is 1. The topological polar surface area (TPSA) is 119 Å². The van der Waals surface area contributed by atoms with Crippen molar-refractivity contribution in [3.63, 3.8) is 0 Å². The van der Waals surface area contributed by atoms with Gasteiger partial charge in [-0.25, -0.2) is 4.79 Å². The summed E-state index contributed by atoms with van der Waals surface area (Å²) in [6.07, 6.45) is 1.65. The molecule has 0 bridgehead atoms. The number of carbonyl (C=O) groups is 3. The zero-order valence-electron chi connectivity index (χ0n) is 24.7. The summed E-state index contributed by atoms with van der Waals surface area (Å²) in [6.45, 7) is 9.54. The van der Waals surface area contributed by atoms with Crippen LogP contribution in [0.3, 0.4) is 0 Å². The van der Waals surface area contributed by atoms with Crippen LogP contribution in [0, 0.1) is 18.8 Å². The maximum absolute atomic E-state index is 14.3. The molecule has 3 aromatic rings.